The standard InChI is InChI=1S/C28H23NOS/c1-16-15-30-23-10-9-20-21-11-12-29-25(27(21)31-26(20)24(16)23)18-13-17-7-5-6-8-19(17)22(14-18)28(2,3)4/h5-15H,1-4H3. The van der Waals surface area contributed by atoms with Crippen LogP contribution in [0.4, 0.5) is 0 Å². The molecule has 3 aromatic carbocycles. The van der Waals surface area contributed by atoms with Gasteiger partial charge in [0, 0.05) is 32.6 Å². The van der Waals surface area contributed by atoms with Gasteiger partial charge in [-0.3, -0.25) is 4.98 Å². The van der Waals surface area contributed by atoms with Crippen LogP contribution in [0.2, 0.25) is 0 Å². The van der Waals surface area contributed by atoms with Gasteiger partial charge in [-0.1, -0.05) is 45.0 Å². The lowest BCUT2D eigenvalue weighted by Gasteiger charge is -2.22. The number of benzene rings is 3. The van der Waals surface area contributed by atoms with Gasteiger partial charge in [0.2, 0.25) is 0 Å². The van der Waals surface area contributed by atoms with E-state index in [-0.39, 0.29) is 5.41 Å². The van der Waals surface area contributed by atoms with Crippen LogP contribution in [-0.2, 0) is 5.41 Å². The quantitative estimate of drug-likeness (QED) is 0.265. The third kappa shape index (κ3) is 2.73. The first-order chi connectivity index (χ1) is 14.9. The Morgan fingerprint density at radius 1 is 0.871 bits per heavy atom. The number of rotatable bonds is 1. The van der Waals surface area contributed by atoms with Crippen LogP contribution in [0.1, 0.15) is 31.9 Å². The number of hydrogen-bond donors (Lipinski definition) is 0. The molecule has 0 bridgehead atoms. The van der Waals surface area contributed by atoms with Crippen LogP contribution in [0, 0.1) is 6.92 Å². The second kappa shape index (κ2) is 6.41. The van der Waals surface area contributed by atoms with Gasteiger partial charge in [-0.15, -0.1) is 11.3 Å². The molecule has 152 valence electrons. The maximum Gasteiger partial charge on any atom is 0.135 e. The van der Waals surface area contributed by atoms with E-state index in [1.165, 1.54) is 53.0 Å². The van der Waals surface area contributed by atoms with E-state index < -0.39 is 0 Å². The minimum Gasteiger partial charge on any atom is -0.464 e. The van der Waals surface area contributed by atoms with Crippen molar-refractivity contribution in [2.45, 2.75) is 33.1 Å². The molecule has 3 heterocycles. The molecule has 0 saturated carbocycles. The van der Waals surface area contributed by atoms with E-state index >= 15 is 0 Å². The van der Waals surface area contributed by atoms with Crippen molar-refractivity contribution in [3.8, 4) is 11.3 Å². The molecule has 3 aromatic heterocycles. The molecule has 3 heteroatoms. The molecule has 0 N–H and O–H groups in total. The first-order valence-electron chi connectivity index (χ1n) is 10.6. The number of nitrogens with zero attached hydrogens (tertiary/aromatic N) is 1. The van der Waals surface area contributed by atoms with E-state index in [1.807, 2.05) is 23.8 Å². The summed E-state index contributed by atoms with van der Waals surface area (Å²) in [4.78, 5) is 4.88. The average molecular weight is 422 g/mol. The van der Waals surface area contributed by atoms with Gasteiger partial charge in [0.1, 0.15) is 5.58 Å². The summed E-state index contributed by atoms with van der Waals surface area (Å²) in [6, 6.07) is 19.7. The second-order valence-electron chi connectivity index (χ2n) is 9.37. The molecular weight excluding hydrogens is 398 g/mol. The van der Waals surface area contributed by atoms with Crippen LogP contribution in [0.5, 0.6) is 0 Å². The molecule has 6 aromatic rings. The zero-order valence-corrected chi connectivity index (χ0v) is 18.9. The van der Waals surface area contributed by atoms with E-state index in [4.69, 9.17) is 9.40 Å². The molecule has 0 unspecified atom stereocenters. The van der Waals surface area contributed by atoms with Crippen molar-refractivity contribution in [2.75, 3.05) is 0 Å². The second-order valence-corrected chi connectivity index (χ2v) is 10.4. The van der Waals surface area contributed by atoms with Gasteiger partial charge in [0.15, 0.2) is 0 Å². The monoisotopic (exact) mass is 421 g/mol. The molecule has 0 spiro atoms. The summed E-state index contributed by atoms with van der Waals surface area (Å²) in [5.41, 5.74) is 5.77. The van der Waals surface area contributed by atoms with Crippen LogP contribution >= 0.6 is 11.3 Å². The first kappa shape index (κ1) is 18.6. The summed E-state index contributed by atoms with van der Waals surface area (Å²) >= 11 is 1.83. The SMILES string of the molecule is Cc1coc2ccc3c4ccnc(-c5cc(C(C)(C)C)c6ccccc6c5)c4sc3c12. The van der Waals surface area contributed by atoms with Crippen LogP contribution < -0.4 is 0 Å². The Morgan fingerprint density at radius 3 is 2.52 bits per heavy atom. The fourth-order valence-corrected chi connectivity index (χ4v) is 6.12. The smallest absolute Gasteiger partial charge is 0.135 e. The number of thiophene rings is 1. The van der Waals surface area contributed by atoms with Crippen LogP contribution in [0.3, 0.4) is 0 Å². The van der Waals surface area contributed by atoms with E-state index in [9.17, 15) is 0 Å². The molecule has 0 radical (unpaired) electrons. The Balaban J connectivity index is 1.71. The Hall–Kier alpha value is -3.17. The molecule has 0 aliphatic rings. The first-order valence-corrected chi connectivity index (χ1v) is 11.4. The largest absolute Gasteiger partial charge is 0.464 e. The van der Waals surface area contributed by atoms with Crippen molar-refractivity contribution in [1.29, 1.82) is 0 Å². The zero-order chi connectivity index (χ0) is 21.3. The Bertz CT molecular complexity index is 1630. The van der Waals surface area contributed by atoms with Crippen LogP contribution in [0.25, 0.3) is 53.2 Å². The lowest BCUT2D eigenvalue weighted by atomic mass is 9.82. The van der Waals surface area contributed by atoms with Crippen molar-refractivity contribution < 1.29 is 4.42 Å². The highest BCUT2D eigenvalue weighted by Gasteiger charge is 2.20. The number of aryl methyl sites for hydroxylation is 1. The van der Waals surface area contributed by atoms with Crippen molar-refractivity contribution >= 4 is 53.3 Å². The van der Waals surface area contributed by atoms with Crippen molar-refractivity contribution in [1.82, 2.24) is 4.98 Å². The third-order valence-electron chi connectivity index (χ3n) is 6.22. The molecule has 0 saturated heterocycles. The normalized spacial score (nSPS) is 12.5. The molecule has 0 amide bonds. The van der Waals surface area contributed by atoms with Crippen molar-refractivity contribution in [3.05, 3.63) is 78.2 Å². The van der Waals surface area contributed by atoms with E-state index in [2.05, 4.69) is 82.3 Å². The van der Waals surface area contributed by atoms with E-state index in [0.717, 1.165) is 11.3 Å². The Morgan fingerprint density at radius 2 is 1.68 bits per heavy atom. The predicted molar refractivity (Wildman–Crippen MR) is 133 cm³/mol. The maximum atomic E-state index is 5.76. The highest BCUT2D eigenvalue weighted by atomic mass is 32.1. The molecule has 0 aliphatic heterocycles. The summed E-state index contributed by atoms with van der Waals surface area (Å²) < 4.78 is 8.28. The molecule has 6 rings (SSSR count). The summed E-state index contributed by atoms with van der Waals surface area (Å²) in [7, 11) is 0. The van der Waals surface area contributed by atoms with Gasteiger partial charge in [-0.2, -0.15) is 0 Å². The average Bonchev–Trinajstić information content (AvgIpc) is 3.32. The molecule has 31 heavy (non-hydrogen) atoms. The van der Waals surface area contributed by atoms with Crippen LogP contribution in [-0.4, -0.2) is 4.98 Å². The van der Waals surface area contributed by atoms with Gasteiger partial charge < -0.3 is 4.42 Å². The van der Waals surface area contributed by atoms with Gasteiger partial charge >= 0.3 is 0 Å². The summed E-state index contributed by atoms with van der Waals surface area (Å²) in [5, 5.41) is 6.34. The maximum absolute atomic E-state index is 5.76. The molecule has 0 atom stereocenters. The minimum absolute atomic E-state index is 0.0454. The molecule has 0 aliphatic carbocycles. The predicted octanol–water partition coefficient (Wildman–Crippen LogP) is 8.62. The number of hydrogen-bond acceptors (Lipinski definition) is 3. The van der Waals surface area contributed by atoms with Gasteiger partial charge in [0.05, 0.1) is 16.7 Å². The zero-order valence-electron chi connectivity index (χ0n) is 18.1. The van der Waals surface area contributed by atoms with E-state index in [0.29, 0.717) is 0 Å². The number of aromatic nitrogens is 1. The van der Waals surface area contributed by atoms with Crippen LogP contribution in [0.15, 0.2) is 71.5 Å². The summed E-state index contributed by atoms with van der Waals surface area (Å²) in [6.07, 6.45) is 3.80. The summed E-state index contributed by atoms with van der Waals surface area (Å²) in [5.74, 6) is 0. The third-order valence-corrected chi connectivity index (χ3v) is 7.46. The van der Waals surface area contributed by atoms with Gasteiger partial charge in [0.25, 0.3) is 0 Å². The highest BCUT2D eigenvalue weighted by Crippen LogP contribution is 2.44. The van der Waals surface area contributed by atoms with Crippen molar-refractivity contribution in [2.24, 2.45) is 0 Å². The lowest BCUT2D eigenvalue weighted by molar-refractivity contribution is 0.596. The number of pyridine rings is 1. The molecular formula is C28H23NOS. The number of fused-ring (bicyclic) bond motifs is 6. The number of furan rings is 1. The van der Waals surface area contributed by atoms with Crippen molar-refractivity contribution in [3.63, 3.8) is 0 Å². The van der Waals surface area contributed by atoms with Gasteiger partial charge in [-0.25, -0.2) is 0 Å². The summed E-state index contributed by atoms with van der Waals surface area (Å²) in [6.45, 7) is 8.97. The molecule has 2 nitrogen and oxygen atoms in total. The Kier molecular flexibility index (Phi) is 3.85. The minimum atomic E-state index is 0.0454. The van der Waals surface area contributed by atoms with Gasteiger partial charge in [-0.05, 0) is 64.6 Å². The molecule has 0 fully saturated rings. The van der Waals surface area contributed by atoms with E-state index in [1.54, 1.807) is 0 Å². The highest BCUT2D eigenvalue weighted by molar-refractivity contribution is 7.27. The fraction of sp³-hybridized carbons (Fsp3) is 0.179. The topological polar surface area (TPSA) is 26.0 Å². The lowest BCUT2D eigenvalue weighted by Crippen LogP contribution is -2.12. The Labute approximate surface area is 185 Å². The fourth-order valence-electron chi connectivity index (χ4n) is 4.70.